The van der Waals surface area contributed by atoms with E-state index in [1.165, 1.54) is 31.4 Å². The first-order valence-corrected chi connectivity index (χ1v) is 10.6. The van der Waals surface area contributed by atoms with Crippen molar-refractivity contribution in [1.82, 2.24) is 0 Å². The van der Waals surface area contributed by atoms with Crippen molar-refractivity contribution in [3.8, 4) is 28.0 Å². The number of rotatable bonds is 5. The summed E-state index contributed by atoms with van der Waals surface area (Å²) in [6, 6.07) is 21.7. The van der Waals surface area contributed by atoms with Crippen molar-refractivity contribution in [3.05, 3.63) is 75.4 Å². The van der Waals surface area contributed by atoms with E-state index in [4.69, 9.17) is 4.74 Å². The summed E-state index contributed by atoms with van der Waals surface area (Å²) in [6.07, 6.45) is 0. The molecule has 0 heterocycles. The third-order valence-corrected chi connectivity index (χ3v) is 5.95. The highest BCUT2D eigenvalue weighted by atomic mass is 127. The zero-order valence-electron chi connectivity index (χ0n) is 16.7. The molecule has 1 nitrogen and oxygen atoms in total. The Balaban J connectivity index is 2.34. The zero-order valence-corrected chi connectivity index (χ0v) is 18.9. The summed E-state index contributed by atoms with van der Waals surface area (Å²) < 4.78 is 6.93. The van der Waals surface area contributed by atoms with E-state index in [2.05, 4.69) is 98.8 Å². The molecule has 0 saturated carbocycles. The maximum atomic E-state index is 5.63. The lowest BCUT2D eigenvalue weighted by molar-refractivity contribution is 0.416. The van der Waals surface area contributed by atoms with Crippen LogP contribution < -0.4 is 4.74 Å². The summed E-state index contributed by atoms with van der Waals surface area (Å²) >= 11 is 2.46. The van der Waals surface area contributed by atoms with Gasteiger partial charge in [0, 0.05) is 9.13 Å². The predicted octanol–water partition coefficient (Wildman–Crippen LogP) is 7.88. The van der Waals surface area contributed by atoms with Gasteiger partial charge in [0.2, 0.25) is 0 Å². The molecule has 0 aliphatic carbocycles. The second kappa shape index (κ2) is 8.47. The molecule has 0 N–H and O–H groups in total. The Kier molecular flexibility index (Phi) is 6.25. The molecule has 0 radical (unpaired) electrons. The highest BCUT2D eigenvalue weighted by Gasteiger charge is 2.20. The van der Waals surface area contributed by atoms with Gasteiger partial charge in [-0.2, -0.15) is 0 Å². The third kappa shape index (κ3) is 4.06. The number of benzene rings is 3. The van der Waals surface area contributed by atoms with Gasteiger partial charge < -0.3 is 4.74 Å². The van der Waals surface area contributed by atoms with Crippen LogP contribution in [0.25, 0.3) is 22.3 Å². The van der Waals surface area contributed by atoms with Gasteiger partial charge in [0.25, 0.3) is 0 Å². The van der Waals surface area contributed by atoms with Crippen LogP contribution >= 0.6 is 22.6 Å². The van der Waals surface area contributed by atoms with Gasteiger partial charge in [-0.1, -0.05) is 76.2 Å². The van der Waals surface area contributed by atoms with Crippen LogP contribution in [0.4, 0.5) is 0 Å². The van der Waals surface area contributed by atoms with Crippen molar-refractivity contribution in [2.45, 2.75) is 39.5 Å². The van der Waals surface area contributed by atoms with Gasteiger partial charge in [0.1, 0.15) is 5.75 Å². The molecule has 0 saturated heterocycles. The molecule has 0 aliphatic rings. The lowest BCUT2D eigenvalue weighted by Gasteiger charge is -2.23. The van der Waals surface area contributed by atoms with E-state index in [0.717, 1.165) is 11.3 Å². The largest absolute Gasteiger partial charge is 0.496 e. The molecule has 0 aliphatic heterocycles. The molecule has 140 valence electrons. The Bertz CT molecular complexity index is 912. The van der Waals surface area contributed by atoms with Gasteiger partial charge in [-0.15, -0.1) is 0 Å². The molecule has 0 unspecified atom stereocenters. The summed E-state index contributed by atoms with van der Waals surface area (Å²) in [5.74, 6) is 1.79. The zero-order chi connectivity index (χ0) is 19.6. The van der Waals surface area contributed by atoms with Gasteiger partial charge in [-0.25, -0.2) is 0 Å². The van der Waals surface area contributed by atoms with Crippen molar-refractivity contribution in [3.63, 3.8) is 0 Å². The van der Waals surface area contributed by atoms with Crippen molar-refractivity contribution < 1.29 is 4.74 Å². The Morgan fingerprint density at radius 3 is 1.78 bits per heavy atom. The van der Waals surface area contributed by atoms with Crippen molar-refractivity contribution >= 4 is 22.6 Å². The van der Waals surface area contributed by atoms with E-state index >= 15 is 0 Å². The van der Waals surface area contributed by atoms with Crippen molar-refractivity contribution in [2.75, 3.05) is 7.11 Å². The number of halogens is 1. The summed E-state index contributed by atoms with van der Waals surface area (Å²) in [5.41, 5.74) is 7.89. The lowest BCUT2D eigenvalue weighted by atomic mass is 9.82. The lowest BCUT2D eigenvalue weighted by Crippen LogP contribution is -2.02. The normalized spacial score (nSPS) is 11.3. The molecule has 27 heavy (non-hydrogen) atoms. The van der Waals surface area contributed by atoms with Crippen LogP contribution in [0, 0.1) is 3.57 Å². The summed E-state index contributed by atoms with van der Waals surface area (Å²) in [7, 11) is 1.74. The topological polar surface area (TPSA) is 9.23 Å². The SMILES string of the molecule is COc1ccccc1-c1cc(C(C)C)c(-c2ccccc2I)c(C(C)C)c1. The number of hydrogen-bond acceptors (Lipinski definition) is 1. The van der Waals surface area contributed by atoms with E-state index < -0.39 is 0 Å². The molecule has 0 amide bonds. The first kappa shape index (κ1) is 19.9. The van der Waals surface area contributed by atoms with E-state index in [9.17, 15) is 0 Å². The number of para-hydroxylation sites is 1. The molecule has 3 aromatic carbocycles. The quantitative estimate of drug-likeness (QED) is 0.345. The van der Waals surface area contributed by atoms with Crippen LogP contribution in [0.15, 0.2) is 60.7 Å². The Morgan fingerprint density at radius 1 is 0.741 bits per heavy atom. The number of methoxy groups -OCH3 is 1. The highest BCUT2D eigenvalue weighted by Crippen LogP contribution is 2.42. The van der Waals surface area contributed by atoms with E-state index in [1.807, 2.05) is 12.1 Å². The smallest absolute Gasteiger partial charge is 0.126 e. The summed E-state index contributed by atoms with van der Waals surface area (Å²) in [5, 5.41) is 0. The maximum Gasteiger partial charge on any atom is 0.126 e. The fourth-order valence-corrected chi connectivity index (χ4v) is 4.27. The molecular formula is C25H27IO. The number of hydrogen-bond donors (Lipinski definition) is 0. The minimum Gasteiger partial charge on any atom is -0.496 e. The van der Waals surface area contributed by atoms with Gasteiger partial charge in [0.05, 0.1) is 7.11 Å². The van der Waals surface area contributed by atoms with E-state index in [0.29, 0.717) is 11.8 Å². The monoisotopic (exact) mass is 470 g/mol. The van der Waals surface area contributed by atoms with Crippen molar-refractivity contribution in [1.29, 1.82) is 0 Å². The molecule has 3 aromatic rings. The Hall–Kier alpha value is -1.81. The second-order valence-electron chi connectivity index (χ2n) is 7.52. The van der Waals surface area contributed by atoms with Gasteiger partial charge in [0.15, 0.2) is 0 Å². The maximum absolute atomic E-state index is 5.63. The first-order chi connectivity index (χ1) is 12.9. The third-order valence-electron chi connectivity index (χ3n) is 5.00. The van der Waals surface area contributed by atoms with Gasteiger partial charge >= 0.3 is 0 Å². The second-order valence-corrected chi connectivity index (χ2v) is 8.68. The summed E-state index contributed by atoms with van der Waals surface area (Å²) in [4.78, 5) is 0. The molecule has 0 fully saturated rings. The van der Waals surface area contributed by atoms with Crippen LogP contribution in [0.2, 0.25) is 0 Å². The number of ether oxygens (including phenoxy) is 1. The Morgan fingerprint density at radius 2 is 1.26 bits per heavy atom. The molecule has 0 bridgehead atoms. The molecule has 0 aromatic heterocycles. The first-order valence-electron chi connectivity index (χ1n) is 9.50. The molecule has 2 heteroatoms. The fraction of sp³-hybridized carbons (Fsp3) is 0.280. The molecular weight excluding hydrogens is 443 g/mol. The van der Waals surface area contributed by atoms with Crippen LogP contribution in [0.3, 0.4) is 0 Å². The van der Waals surface area contributed by atoms with Crippen molar-refractivity contribution in [2.24, 2.45) is 0 Å². The standard InChI is InChI=1S/C25H27IO/c1-16(2)21-14-18(19-10-7-9-13-24(19)27-5)15-22(17(3)4)25(21)20-11-6-8-12-23(20)26/h6-17H,1-5H3. The van der Waals surface area contributed by atoms with Crippen LogP contribution in [-0.2, 0) is 0 Å². The average molecular weight is 470 g/mol. The van der Waals surface area contributed by atoms with Crippen LogP contribution in [-0.4, -0.2) is 7.11 Å². The van der Waals surface area contributed by atoms with Crippen LogP contribution in [0.1, 0.15) is 50.7 Å². The predicted molar refractivity (Wildman–Crippen MR) is 125 cm³/mol. The molecule has 3 rings (SSSR count). The minimum absolute atomic E-state index is 0.433. The molecule has 0 spiro atoms. The van der Waals surface area contributed by atoms with Crippen LogP contribution in [0.5, 0.6) is 5.75 Å². The van der Waals surface area contributed by atoms with E-state index in [-0.39, 0.29) is 0 Å². The molecule has 0 atom stereocenters. The van der Waals surface area contributed by atoms with Gasteiger partial charge in [-0.3, -0.25) is 0 Å². The minimum atomic E-state index is 0.433. The highest BCUT2D eigenvalue weighted by molar-refractivity contribution is 14.1. The Labute approximate surface area is 176 Å². The average Bonchev–Trinajstić information content (AvgIpc) is 2.67. The summed E-state index contributed by atoms with van der Waals surface area (Å²) in [6.45, 7) is 9.13. The van der Waals surface area contributed by atoms with E-state index in [1.54, 1.807) is 7.11 Å². The van der Waals surface area contributed by atoms with Gasteiger partial charge in [-0.05, 0) is 74.4 Å². The fourth-order valence-electron chi connectivity index (χ4n) is 3.61.